The second-order valence-electron chi connectivity index (χ2n) is 5.24. The van der Waals surface area contributed by atoms with Gasteiger partial charge in [0.25, 0.3) is 0 Å². The van der Waals surface area contributed by atoms with Crippen LogP contribution in [-0.2, 0) is 17.8 Å². The fourth-order valence-electron chi connectivity index (χ4n) is 2.20. The van der Waals surface area contributed by atoms with E-state index in [-0.39, 0.29) is 18.0 Å². The van der Waals surface area contributed by atoms with Gasteiger partial charge in [0.1, 0.15) is 11.6 Å². The molecule has 2 rings (SSSR count). The first-order valence-corrected chi connectivity index (χ1v) is 8.47. The molecule has 1 amide bonds. The largest absolute Gasteiger partial charge is 0.370 e. The summed E-state index contributed by atoms with van der Waals surface area (Å²) in [6, 6.07) is 5.47. The van der Waals surface area contributed by atoms with Crippen LogP contribution in [0.1, 0.15) is 36.5 Å². The van der Waals surface area contributed by atoms with Crippen molar-refractivity contribution < 1.29 is 14.0 Å². The van der Waals surface area contributed by atoms with Crippen molar-refractivity contribution in [1.82, 2.24) is 14.8 Å². The Balaban J connectivity index is 2.10. The van der Waals surface area contributed by atoms with Crippen LogP contribution < -0.4 is 5.73 Å². The number of carbonyl (C=O) groups is 2. The number of nitrogens with two attached hydrogens (primary N) is 1. The number of nitrogens with zero attached hydrogens (tertiary/aromatic N) is 3. The quantitative estimate of drug-likeness (QED) is 0.582. The van der Waals surface area contributed by atoms with Crippen molar-refractivity contribution in [2.45, 2.75) is 43.6 Å². The molecule has 0 saturated heterocycles. The molecule has 0 unspecified atom stereocenters. The van der Waals surface area contributed by atoms with Gasteiger partial charge in [0.15, 0.2) is 10.9 Å². The van der Waals surface area contributed by atoms with Crippen LogP contribution in [0.5, 0.6) is 0 Å². The van der Waals surface area contributed by atoms with Crippen LogP contribution in [0.2, 0.25) is 0 Å². The van der Waals surface area contributed by atoms with Crippen molar-refractivity contribution in [3.05, 3.63) is 41.5 Å². The van der Waals surface area contributed by atoms with Crippen LogP contribution in [-0.4, -0.2) is 31.7 Å². The van der Waals surface area contributed by atoms with Crippen LogP contribution in [0.15, 0.2) is 29.4 Å². The Bertz CT molecular complexity index is 730. The first-order chi connectivity index (χ1) is 11.4. The lowest BCUT2D eigenvalue weighted by atomic mass is 10.1. The first-order valence-electron chi connectivity index (χ1n) is 7.59. The fraction of sp³-hybridized carbons (Fsp3) is 0.375. The number of rotatable bonds is 8. The van der Waals surface area contributed by atoms with E-state index in [1.54, 1.807) is 6.92 Å². The zero-order chi connectivity index (χ0) is 17.7. The number of hydrogen-bond donors (Lipinski definition) is 1. The van der Waals surface area contributed by atoms with E-state index in [1.165, 1.54) is 36.0 Å². The molecule has 0 aliphatic rings. The number of aromatic nitrogens is 3. The van der Waals surface area contributed by atoms with Gasteiger partial charge in [0, 0.05) is 24.9 Å². The van der Waals surface area contributed by atoms with Crippen LogP contribution in [0.25, 0.3) is 0 Å². The highest BCUT2D eigenvalue weighted by molar-refractivity contribution is 8.00. The predicted molar refractivity (Wildman–Crippen MR) is 89.3 cm³/mol. The van der Waals surface area contributed by atoms with Gasteiger partial charge in [-0.3, -0.25) is 9.59 Å². The molecule has 0 aliphatic heterocycles. The minimum absolute atomic E-state index is 0.107. The lowest BCUT2D eigenvalue weighted by molar-refractivity contribution is -0.118. The summed E-state index contributed by atoms with van der Waals surface area (Å²) in [6.45, 7) is 4.34. The Morgan fingerprint density at radius 1 is 1.29 bits per heavy atom. The summed E-state index contributed by atoms with van der Waals surface area (Å²) in [5.74, 6) is -0.212. The maximum absolute atomic E-state index is 13.0. The topological polar surface area (TPSA) is 90.9 Å². The number of benzene rings is 1. The highest BCUT2D eigenvalue weighted by Crippen LogP contribution is 2.25. The molecular weight excluding hydrogens is 331 g/mol. The van der Waals surface area contributed by atoms with E-state index < -0.39 is 11.2 Å². The molecule has 1 aromatic carbocycles. The average Bonchev–Trinajstić information content (AvgIpc) is 2.94. The van der Waals surface area contributed by atoms with E-state index in [9.17, 15) is 14.0 Å². The number of Topliss-reactive ketones (excluding diaryl/α,β-unsaturated/α-hetero) is 1. The molecule has 128 valence electrons. The van der Waals surface area contributed by atoms with Gasteiger partial charge in [0.2, 0.25) is 5.91 Å². The van der Waals surface area contributed by atoms with Crippen molar-refractivity contribution in [2.75, 3.05) is 0 Å². The van der Waals surface area contributed by atoms with E-state index in [0.29, 0.717) is 29.5 Å². The Morgan fingerprint density at radius 2 is 1.96 bits per heavy atom. The molecule has 2 N–H and O–H groups in total. The maximum Gasteiger partial charge on any atom is 0.217 e. The summed E-state index contributed by atoms with van der Waals surface area (Å²) in [4.78, 5) is 23.3. The van der Waals surface area contributed by atoms with E-state index in [4.69, 9.17) is 5.73 Å². The fourth-order valence-corrected chi connectivity index (χ4v) is 3.21. The third kappa shape index (κ3) is 4.41. The third-order valence-electron chi connectivity index (χ3n) is 3.48. The Labute approximate surface area is 143 Å². The van der Waals surface area contributed by atoms with Crippen LogP contribution in [0.4, 0.5) is 4.39 Å². The highest BCUT2D eigenvalue weighted by atomic mass is 32.2. The number of carbonyl (C=O) groups excluding carboxylic acids is 2. The monoisotopic (exact) mass is 350 g/mol. The summed E-state index contributed by atoms with van der Waals surface area (Å²) in [5, 5.41) is 8.40. The molecule has 1 heterocycles. The predicted octanol–water partition coefficient (Wildman–Crippen LogP) is 2.22. The number of ketones is 1. The van der Waals surface area contributed by atoms with E-state index >= 15 is 0 Å². The zero-order valence-electron chi connectivity index (χ0n) is 13.5. The van der Waals surface area contributed by atoms with E-state index in [1.807, 2.05) is 11.5 Å². The highest BCUT2D eigenvalue weighted by Gasteiger charge is 2.21. The summed E-state index contributed by atoms with van der Waals surface area (Å²) in [7, 11) is 0. The van der Waals surface area contributed by atoms with Gasteiger partial charge in [0.05, 0.1) is 5.25 Å². The summed E-state index contributed by atoms with van der Waals surface area (Å²) in [6.07, 6.45) is 0.615. The minimum Gasteiger partial charge on any atom is -0.370 e. The number of primary amides is 1. The molecule has 0 spiro atoms. The number of hydrogen-bond acceptors (Lipinski definition) is 5. The molecule has 8 heteroatoms. The second-order valence-corrected chi connectivity index (χ2v) is 6.55. The van der Waals surface area contributed by atoms with E-state index in [0.717, 1.165) is 0 Å². The van der Waals surface area contributed by atoms with Gasteiger partial charge >= 0.3 is 0 Å². The number of amides is 1. The molecule has 0 radical (unpaired) electrons. The summed E-state index contributed by atoms with van der Waals surface area (Å²) >= 11 is 1.29. The smallest absolute Gasteiger partial charge is 0.217 e. The molecule has 0 fully saturated rings. The third-order valence-corrected chi connectivity index (χ3v) is 4.57. The molecular formula is C16H19FN4O2S. The van der Waals surface area contributed by atoms with Crippen molar-refractivity contribution in [2.24, 2.45) is 5.73 Å². The van der Waals surface area contributed by atoms with Gasteiger partial charge in [-0.15, -0.1) is 10.2 Å². The molecule has 6 nitrogen and oxygen atoms in total. The van der Waals surface area contributed by atoms with Gasteiger partial charge < -0.3 is 10.3 Å². The van der Waals surface area contributed by atoms with Crippen LogP contribution in [0, 0.1) is 5.82 Å². The average molecular weight is 350 g/mol. The van der Waals surface area contributed by atoms with Crippen LogP contribution >= 0.6 is 11.8 Å². The SMILES string of the molecule is CCn1c(CCC(N)=O)nnc1S[C@H](C)C(=O)c1ccc(F)cc1. The van der Waals surface area contributed by atoms with Crippen molar-refractivity contribution in [3.8, 4) is 0 Å². The van der Waals surface area contributed by atoms with Crippen molar-refractivity contribution in [1.29, 1.82) is 0 Å². The Hall–Kier alpha value is -2.22. The van der Waals surface area contributed by atoms with Crippen LogP contribution in [0.3, 0.4) is 0 Å². The molecule has 2 aromatic rings. The Morgan fingerprint density at radius 3 is 2.54 bits per heavy atom. The standard InChI is InChI=1S/C16H19FN4O2S/c1-3-21-14(9-8-13(18)22)19-20-16(21)24-10(2)15(23)11-4-6-12(17)7-5-11/h4-7,10H,3,8-9H2,1-2H3,(H2,18,22)/t10-/m1/s1. The molecule has 0 aliphatic carbocycles. The summed E-state index contributed by atoms with van der Waals surface area (Å²) < 4.78 is 14.8. The molecule has 24 heavy (non-hydrogen) atoms. The molecule has 0 saturated carbocycles. The normalized spacial score (nSPS) is 12.1. The lowest BCUT2D eigenvalue weighted by Gasteiger charge is -2.11. The van der Waals surface area contributed by atoms with E-state index in [2.05, 4.69) is 10.2 Å². The zero-order valence-corrected chi connectivity index (χ0v) is 14.3. The lowest BCUT2D eigenvalue weighted by Crippen LogP contribution is -2.16. The minimum atomic E-state index is -0.394. The van der Waals surface area contributed by atoms with Gasteiger partial charge in [-0.05, 0) is 38.1 Å². The maximum atomic E-state index is 13.0. The van der Waals surface area contributed by atoms with Gasteiger partial charge in [-0.2, -0.15) is 0 Å². The molecule has 0 bridgehead atoms. The summed E-state index contributed by atoms with van der Waals surface area (Å²) in [5.41, 5.74) is 5.61. The Kier molecular flexibility index (Phi) is 6.08. The number of thioether (sulfide) groups is 1. The molecule has 1 aromatic heterocycles. The number of halogens is 1. The first kappa shape index (κ1) is 18.1. The number of aryl methyl sites for hydroxylation is 1. The van der Waals surface area contributed by atoms with Crippen molar-refractivity contribution >= 4 is 23.5 Å². The molecule has 1 atom stereocenters. The van der Waals surface area contributed by atoms with Gasteiger partial charge in [-0.1, -0.05) is 11.8 Å². The second kappa shape index (κ2) is 8.05. The van der Waals surface area contributed by atoms with Gasteiger partial charge in [-0.25, -0.2) is 4.39 Å². The van der Waals surface area contributed by atoms with Crippen molar-refractivity contribution in [3.63, 3.8) is 0 Å².